The lowest BCUT2D eigenvalue weighted by Crippen LogP contribution is -2.74. The Morgan fingerprint density at radius 1 is 0.406 bits per heavy atom. The first kappa shape index (κ1) is 28.5. The Balaban J connectivity index is 3.70. The van der Waals surface area contributed by atoms with Gasteiger partial charge in [-0.2, -0.15) is 74.6 Å². The van der Waals surface area contributed by atoms with Crippen LogP contribution in [-0.4, -0.2) is 41.7 Å². The molecule has 1 aromatic rings. The summed E-state index contributed by atoms with van der Waals surface area (Å²) in [5.41, 5.74) is -2.25. The van der Waals surface area contributed by atoms with Crippen LogP contribution >= 0.6 is 15.9 Å². The van der Waals surface area contributed by atoms with Crippen molar-refractivity contribution in [2.24, 2.45) is 0 Å². The van der Waals surface area contributed by atoms with Crippen LogP contribution in [0.1, 0.15) is 5.56 Å². The van der Waals surface area contributed by atoms with Crippen molar-refractivity contribution in [2.75, 3.05) is 0 Å². The van der Waals surface area contributed by atoms with E-state index in [1.54, 1.807) is 0 Å². The monoisotopic (exact) mass is 574 g/mol. The SMILES string of the molecule is FC(F)(F)C(F)(F)C(F)(F)C(F)(F)C(F)(F)C(F)(F)C(F)(F)C(F)(F)c1ccc(Br)cc1. The predicted molar refractivity (Wildman–Crippen MR) is 73.8 cm³/mol. The van der Waals surface area contributed by atoms with E-state index in [4.69, 9.17) is 0 Å². The fourth-order valence-electron chi connectivity index (χ4n) is 2.00. The highest BCUT2D eigenvalue weighted by Gasteiger charge is 2.95. The van der Waals surface area contributed by atoms with Gasteiger partial charge in [-0.05, 0) is 12.1 Å². The molecule has 0 atom stereocenters. The zero-order valence-electron chi connectivity index (χ0n) is 14.1. The van der Waals surface area contributed by atoms with Crippen molar-refractivity contribution in [3.05, 3.63) is 34.3 Å². The average Bonchev–Trinajstić information content (AvgIpc) is 2.60. The van der Waals surface area contributed by atoms with E-state index < -0.39 is 53.2 Å². The molecule has 0 aliphatic heterocycles. The first-order valence-corrected chi connectivity index (χ1v) is 8.02. The third-order valence-electron chi connectivity index (χ3n) is 3.93. The first-order valence-electron chi connectivity index (χ1n) is 7.22. The van der Waals surface area contributed by atoms with Crippen LogP contribution in [0.3, 0.4) is 0 Å². The van der Waals surface area contributed by atoms with Gasteiger partial charge in [0.05, 0.1) is 0 Å². The molecule has 18 heteroatoms. The highest BCUT2D eigenvalue weighted by atomic mass is 79.9. The summed E-state index contributed by atoms with van der Waals surface area (Å²) < 4.78 is 223. The fraction of sp³-hybridized carbons (Fsp3) is 0.571. The summed E-state index contributed by atoms with van der Waals surface area (Å²) in [6.07, 6.45) is -7.77. The second-order valence-corrected chi connectivity index (χ2v) is 6.94. The molecule has 0 spiro atoms. The van der Waals surface area contributed by atoms with Gasteiger partial charge in [0.2, 0.25) is 0 Å². The molecular weight excluding hydrogens is 571 g/mol. The highest BCUT2D eigenvalue weighted by molar-refractivity contribution is 9.10. The minimum Gasteiger partial charge on any atom is -0.194 e. The Kier molecular flexibility index (Phi) is 6.70. The van der Waals surface area contributed by atoms with E-state index >= 15 is 0 Å². The van der Waals surface area contributed by atoms with Gasteiger partial charge >= 0.3 is 47.6 Å². The van der Waals surface area contributed by atoms with Crippen molar-refractivity contribution in [1.29, 1.82) is 0 Å². The first-order chi connectivity index (χ1) is 13.7. The van der Waals surface area contributed by atoms with Crippen molar-refractivity contribution in [3.8, 4) is 0 Å². The van der Waals surface area contributed by atoms with E-state index in [-0.39, 0.29) is 16.6 Å². The lowest BCUT2D eigenvalue weighted by atomic mass is 9.87. The molecule has 0 nitrogen and oxygen atoms in total. The summed E-state index contributed by atoms with van der Waals surface area (Å²) in [6.45, 7) is 0. The molecule has 0 N–H and O–H groups in total. The summed E-state index contributed by atoms with van der Waals surface area (Å²) in [4.78, 5) is 0. The van der Waals surface area contributed by atoms with Crippen LogP contribution in [0.15, 0.2) is 28.7 Å². The van der Waals surface area contributed by atoms with Gasteiger partial charge in [-0.25, -0.2) is 0 Å². The number of rotatable bonds is 7. The number of alkyl halides is 17. The zero-order valence-corrected chi connectivity index (χ0v) is 15.7. The van der Waals surface area contributed by atoms with Crippen molar-refractivity contribution < 1.29 is 74.6 Å². The number of benzene rings is 1. The molecule has 0 aliphatic rings. The van der Waals surface area contributed by atoms with Crippen LogP contribution in [0.4, 0.5) is 74.6 Å². The molecule has 0 unspecified atom stereocenters. The van der Waals surface area contributed by atoms with E-state index in [0.717, 1.165) is 0 Å². The third kappa shape index (κ3) is 3.59. The highest BCUT2D eigenvalue weighted by Crippen LogP contribution is 2.65. The number of halogens is 18. The molecule has 0 saturated carbocycles. The molecule has 0 heterocycles. The van der Waals surface area contributed by atoms with E-state index in [1.165, 1.54) is 0 Å². The Labute approximate surface area is 173 Å². The molecule has 0 aromatic heterocycles. The summed E-state index contributed by atoms with van der Waals surface area (Å²) in [7, 11) is 0. The van der Waals surface area contributed by atoms with Crippen molar-refractivity contribution in [1.82, 2.24) is 0 Å². The Bertz CT molecular complexity index is 821. The topological polar surface area (TPSA) is 0 Å². The average molecular weight is 575 g/mol. The molecule has 1 rings (SSSR count). The second kappa shape index (κ2) is 7.51. The quantitative estimate of drug-likeness (QED) is 0.290. The van der Waals surface area contributed by atoms with Gasteiger partial charge in [0.15, 0.2) is 0 Å². The predicted octanol–water partition coefficient (Wildman–Crippen LogP) is 7.92. The Morgan fingerprint density at radius 2 is 0.688 bits per heavy atom. The maximum Gasteiger partial charge on any atom is 0.460 e. The standard InChI is InChI=1S/C14H4BrF17/c15-6-3-1-5(2-4-6)7(16,17)8(18,19)9(20,21)10(22,23)11(24,25)12(26,27)13(28,29)14(30,31)32/h1-4H. The van der Waals surface area contributed by atoms with Crippen molar-refractivity contribution >= 4 is 15.9 Å². The summed E-state index contributed by atoms with van der Waals surface area (Å²) in [6, 6.07) is 0.665. The Hall–Kier alpha value is -1.49. The van der Waals surface area contributed by atoms with E-state index in [1.807, 2.05) is 0 Å². The largest absolute Gasteiger partial charge is 0.460 e. The maximum atomic E-state index is 13.9. The third-order valence-corrected chi connectivity index (χ3v) is 4.46. The lowest BCUT2D eigenvalue weighted by Gasteiger charge is -2.42. The van der Waals surface area contributed by atoms with Crippen molar-refractivity contribution in [3.63, 3.8) is 0 Å². The van der Waals surface area contributed by atoms with Crippen LogP contribution < -0.4 is 0 Å². The van der Waals surface area contributed by atoms with Crippen LogP contribution in [0.25, 0.3) is 0 Å². The summed E-state index contributed by atoms with van der Waals surface area (Å²) >= 11 is 2.57. The molecule has 0 amide bonds. The summed E-state index contributed by atoms with van der Waals surface area (Å²) in [5.74, 6) is -56.4. The molecular formula is C14H4BrF17. The van der Waals surface area contributed by atoms with E-state index in [0.29, 0.717) is 12.1 Å². The van der Waals surface area contributed by atoms with E-state index in [2.05, 4.69) is 15.9 Å². The number of hydrogen-bond acceptors (Lipinski definition) is 0. The van der Waals surface area contributed by atoms with Gasteiger partial charge in [0, 0.05) is 10.0 Å². The van der Waals surface area contributed by atoms with Gasteiger partial charge in [0.25, 0.3) is 0 Å². The van der Waals surface area contributed by atoms with Crippen molar-refractivity contribution in [2.45, 2.75) is 47.6 Å². The van der Waals surface area contributed by atoms with Crippen LogP contribution in [-0.2, 0) is 5.92 Å². The molecule has 1 aromatic carbocycles. The molecule has 32 heavy (non-hydrogen) atoms. The fourth-order valence-corrected chi connectivity index (χ4v) is 2.27. The molecule has 0 bridgehead atoms. The van der Waals surface area contributed by atoms with Crippen LogP contribution in [0, 0.1) is 0 Å². The molecule has 0 saturated heterocycles. The zero-order chi connectivity index (χ0) is 26.0. The molecule has 0 aliphatic carbocycles. The van der Waals surface area contributed by atoms with Crippen LogP contribution in [0.5, 0.6) is 0 Å². The van der Waals surface area contributed by atoms with Gasteiger partial charge in [-0.15, -0.1) is 0 Å². The minimum absolute atomic E-state index is 0.114. The molecule has 0 radical (unpaired) electrons. The van der Waals surface area contributed by atoms with Gasteiger partial charge in [-0.1, -0.05) is 28.1 Å². The van der Waals surface area contributed by atoms with Crippen LogP contribution in [0.2, 0.25) is 0 Å². The summed E-state index contributed by atoms with van der Waals surface area (Å²) in [5, 5.41) is 0. The number of hydrogen-bond donors (Lipinski definition) is 0. The second-order valence-electron chi connectivity index (χ2n) is 6.03. The maximum absolute atomic E-state index is 13.9. The van der Waals surface area contributed by atoms with Gasteiger partial charge < -0.3 is 0 Å². The molecule has 186 valence electrons. The lowest BCUT2D eigenvalue weighted by molar-refractivity contribution is -0.462. The minimum atomic E-state index is -8.62. The van der Waals surface area contributed by atoms with E-state index in [9.17, 15) is 74.6 Å². The molecule has 0 fully saturated rings. The van der Waals surface area contributed by atoms with Gasteiger partial charge in [-0.3, -0.25) is 0 Å². The Morgan fingerprint density at radius 3 is 1.00 bits per heavy atom. The smallest absolute Gasteiger partial charge is 0.194 e. The normalized spacial score (nSPS) is 15.8. The van der Waals surface area contributed by atoms with Gasteiger partial charge in [0.1, 0.15) is 0 Å².